The minimum Gasteiger partial charge on any atom is -0.355 e. The van der Waals surface area contributed by atoms with Gasteiger partial charge in [0.15, 0.2) is 5.82 Å². The Kier molecular flexibility index (Phi) is 4.67. The van der Waals surface area contributed by atoms with Gasteiger partial charge in [0.2, 0.25) is 5.91 Å². The van der Waals surface area contributed by atoms with Crippen molar-refractivity contribution in [2.24, 2.45) is 5.92 Å². The van der Waals surface area contributed by atoms with Crippen LogP contribution in [0.4, 0.5) is 11.6 Å². The van der Waals surface area contributed by atoms with Crippen LogP contribution in [-0.4, -0.2) is 79.2 Å². The molecule has 0 N–H and O–H groups in total. The standard InChI is InChI=1S/C21H21N9OS/c31-21(15-10-29(11-15)18-9-19(24-13-23-18)30-14-22-12-25-30)28-7-5-27(6-8-28)20-16-3-1-2-4-17(16)32-26-20/h1-4,9,12-15H,5-8,10-11H2. The van der Waals surface area contributed by atoms with Crippen LogP contribution in [0.15, 0.2) is 49.3 Å². The lowest BCUT2D eigenvalue weighted by Crippen LogP contribution is -2.58. The summed E-state index contributed by atoms with van der Waals surface area (Å²) in [4.78, 5) is 32.0. The van der Waals surface area contributed by atoms with E-state index >= 15 is 0 Å². The molecule has 0 spiro atoms. The highest BCUT2D eigenvalue weighted by atomic mass is 32.1. The highest BCUT2D eigenvalue weighted by Crippen LogP contribution is 2.30. The van der Waals surface area contributed by atoms with Gasteiger partial charge in [-0.1, -0.05) is 12.1 Å². The Balaban J connectivity index is 1.06. The Hall–Kier alpha value is -3.60. The van der Waals surface area contributed by atoms with E-state index in [1.54, 1.807) is 11.0 Å². The number of fused-ring (bicyclic) bond motifs is 1. The third-order valence-corrected chi connectivity index (χ3v) is 6.91. The van der Waals surface area contributed by atoms with E-state index in [0.29, 0.717) is 18.9 Å². The predicted octanol–water partition coefficient (Wildman–Crippen LogP) is 1.45. The zero-order valence-electron chi connectivity index (χ0n) is 17.3. The number of benzene rings is 1. The second-order valence-electron chi connectivity index (χ2n) is 7.99. The van der Waals surface area contributed by atoms with E-state index in [1.165, 1.54) is 34.3 Å². The number of carbonyl (C=O) groups is 1. The maximum atomic E-state index is 13.0. The molecule has 0 radical (unpaired) electrons. The molecule has 2 fully saturated rings. The van der Waals surface area contributed by atoms with Crippen molar-refractivity contribution in [1.29, 1.82) is 0 Å². The number of rotatable bonds is 4. The van der Waals surface area contributed by atoms with Gasteiger partial charge in [0, 0.05) is 50.7 Å². The van der Waals surface area contributed by atoms with Gasteiger partial charge in [-0.3, -0.25) is 4.79 Å². The first kappa shape index (κ1) is 19.1. The zero-order chi connectivity index (χ0) is 21.5. The van der Waals surface area contributed by atoms with Crippen molar-refractivity contribution in [2.75, 3.05) is 49.1 Å². The van der Waals surface area contributed by atoms with E-state index < -0.39 is 0 Å². The van der Waals surface area contributed by atoms with Crippen molar-refractivity contribution >= 4 is 39.2 Å². The summed E-state index contributed by atoms with van der Waals surface area (Å²) in [5.41, 5.74) is 0. The maximum absolute atomic E-state index is 13.0. The van der Waals surface area contributed by atoms with Crippen LogP contribution in [0.25, 0.3) is 15.9 Å². The summed E-state index contributed by atoms with van der Waals surface area (Å²) in [7, 11) is 0. The number of aromatic nitrogens is 6. The van der Waals surface area contributed by atoms with E-state index in [-0.39, 0.29) is 11.8 Å². The van der Waals surface area contributed by atoms with Crippen LogP contribution >= 0.6 is 11.5 Å². The summed E-state index contributed by atoms with van der Waals surface area (Å²) < 4.78 is 7.45. The van der Waals surface area contributed by atoms with Crippen LogP contribution in [0.5, 0.6) is 0 Å². The molecule has 0 saturated carbocycles. The lowest BCUT2D eigenvalue weighted by molar-refractivity contribution is -0.136. The Bertz CT molecular complexity index is 1240. The number of hydrogen-bond donors (Lipinski definition) is 0. The van der Waals surface area contributed by atoms with Crippen molar-refractivity contribution < 1.29 is 4.79 Å². The van der Waals surface area contributed by atoms with Gasteiger partial charge in [-0.15, -0.1) is 0 Å². The molecule has 6 rings (SSSR count). The Morgan fingerprint density at radius 3 is 2.59 bits per heavy atom. The molecule has 10 nitrogen and oxygen atoms in total. The van der Waals surface area contributed by atoms with E-state index in [9.17, 15) is 4.79 Å². The van der Waals surface area contributed by atoms with E-state index in [0.717, 1.165) is 37.8 Å². The molecular formula is C21H21N9OS. The molecule has 2 aliphatic heterocycles. The van der Waals surface area contributed by atoms with Crippen LogP contribution < -0.4 is 9.80 Å². The molecule has 0 bridgehead atoms. The van der Waals surface area contributed by atoms with Crippen LogP contribution in [0.3, 0.4) is 0 Å². The largest absolute Gasteiger partial charge is 0.355 e. The van der Waals surface area contributed by atoms with Gasteiger partial charge in [-0.25, -0.2) is 19.6 Å². The number of carbonyl (C=O) groups excluding carboxylic acids is 1. The van der Waals surface area contributed by atoms with Crippen molar-refractivity contribution in [3.8, 4) is 5.82 Å². The Labute approximate surface area is 188 Å². The van der Waals surface area contributed by atoms with Gasteiger partial charge in [0.25, 0.3) is 0 Å². The average molecular weight is 448 g/mol. The molecular weight excluding hydrogens is 426 g/mol. The second-order valence-corrected chi connectivity index (χ2v) is 8.80. The second kappa shape index (κ2) is 7.83. The van der Waals surface area contributed by atoms with Gasteiger partial charge in [-0.05, 0) is 23.7 Å². The molecule has 32 heavy (non-hydrogen) atoms. The van der Waals surface area contributed by atoms with Crippen molar-refractivity contribution in [3.05, 3.63) is 49.3 Å². The molecule has 0 aliphatic carbocycles. The number of piperazine rings is 1. The predicted molar refractivity (Wildman–Crippen MR) is 121 cm³/mol. The summed E-state index contributed by atoms with van der Waals surface area (Å²) in [5.74, 6) is 2.74. The monoisotopic (exact) mass is 447 g/mol. The summed E-state index contributed by atoms with van der Waals surface area (Å²) in [5, 5.41) is 5.30. The van der Waals surface area contributed by atoms with Gasteiger partial charge >= 0.3 is 0 Å². The average Bonchev–Trinajstić information content (AvgIpc) is 3.49. The molecule has 2 aliphatic rings. The van der Waals surface area contributed by atoms with Crippen LogP contribution in [0.2, 0.25) is 0 Å². The van der Waals surface area contributed by atoms with Gasteiger partial charge in [0.05, 0.1) is 10.6 Å². The Morgan fingerprint density at radius 1 is 0.969 bits per heavy atom. The highest BCUT2D eigenvalue weighted by molar-refractivity contribution is 7.13. The Morgan fingerprint density at radius 2 is 1.78 bits per heavy atom. The van der Waals surface area contributed by atoms with Crippen molar-refractivity contribution in [1.82, 2.24) is 34.0 Å². The molecule has 1 aromatic carbocycles. The van der Waals surface area contributed by atoms with Gasteiger partial charge in [0.1, 0.15) is 30.6 Å². The zero-order valence-corrected chi connectivity index (χ0v) is 18.1. The number of anilines is 2. The van der Waals surface area contributed by atoms with Gasteiger partial charge < -0.3 is 14.7 Å². The minimum atomic E-state index is 0.00596. The smallest absolute Gasteiger partial charge is 0.229 e. The summed E-state index contributed by atoms with van der Waals surface area (Å²) in [6, 6.07) is 10.2. The lowest BCUT2D eigenvalue weighted by atomic mass is 9.98. The maximum Gasteiger partial charge on any atom is 0.229 e. The molecule has 4 aromatic rings. The molecule has 0 atom stereocenters. The fourth-order valence-electron chi connectivity index (χ4n) is 4.28. The van der Waals surface area contributed by atoms with Crippen molar-refractivity contribution in [3.63, 3.8) is 0 Å². The first-order valence-corrected chi connectivity index (χ1v) is 11.3. The van der Waals surface area contributed by atoms with Crippen LogP contribution in [-0.2, 0) is 4.79 Å². The van der Waals surface area contributed by atoms with Crippen LogP contribution in [0, 0.1) is 5.92 Å². The first-order chi connectivity index (χ1) is 15.8. The summed E-state index contributed by atoms with van der Waals surface area (Å²) in [6.45, 7) is 4.41. The minimum absolute atomic E-state index is 0.00596. The highest BCUT2D eigenvalue weighted by Gasteiger charge is 2.37. The first-order valence-electron chi connectivity index (χ1n) is 10.6. The third kappa shape index (κ3) is 3.34. The third-order valence-electron chi connectivity index (χ3n) is 6.10. The van der Waals surface area contributed by atoms with Crippen LogP contribution in [0.1, 0.15) is 0 Å². The molecule has 11 heteroatoms. The molecule has 1 amide bonds. The normalized spacial score (nSPS) is 17.1. The number of hydrogen-bond acceptors (Lipinski definition) is 9. The van der Waals surface area contributed by atoms with Crippen molar-refractivity contribution in [2.45, 2.75) is 0 Å². The molecule has 3 aromatic heterocycles. The molecule has 2 saturated heterocycles. The topological polar surface area (TPSA) is 96.2 Å². The SMILES string of the molecule is O=C(C1CN(c2cc(-n3cncn3)ncn2)C1)N1CCN(c2nsc3ccccc23)CC1. The number of nitrogens with zero attached hydrogens (tertiary/aromatic N) is 9. The number of amides is 1. The van der Waals surface area contributed by atoms with E-state index in [1.807, 2.05) is 17.0 Å². The molecule has 162 valence electrons. The fraction of sp³-hybridized carbons (Fsp3) is 0.333. The molecule has 5 heterocycles. The summed E-state index contributed by atoms with van der Waals surface area (Å²) >= 11 is 1.53. The lowest BCUT2D eigenvalue weighted by Gasteiger charge is -2.43. The quantitative estimate of drug-likeness (QED) is 0.464. The fourth-order valence-corrected chi connectivity index (χ4v) is 5.08. The summed E-state index contributed by atoms with van der Waals surface area (Å²) in [6.07, 6.45) is 4.59. The van der Waals surface area contributed by atoms with E-state index in [4.69, 9.17) is 0 Å². The van der Waals surface area contributed by atoms with Gasteiger partial charge in [-0.2, -0.15) is 9.47 Å². The van der Waals surface area contributed by atoms with E-state index in [2.05, 4.69) is 52.4 Å². The molecule has 0 unspecified atom stereocenters.